The molecular formula is C12H16N4. The van der Waals surface area contributed by atoms with Gasteiger partial charge >= 0.3 is 0 Å². The highest BCUT2D eigenvalue weighted by Crippen LogP contribution is 2.22. The van der Waals surface area contributed by atoms with E-state index in [1.807, 2.05) is 22.9 Å². The number of nitrogens with zero attached hydrogens (tertiary/aromatic N) is 3. The minimum atomic E-state index is 0.444. The maximum absolute atomic E-state index is 5.66. The lowest BCUT2D eigenvalue weighted by atomic mass is 10.0. The van der Waals surface area contributed by atoms with E-state index < -0.39 is 0 Å². The van der Waals surface area contributed by atoms with Crippen LogP contribution in [-0.2, 0) is 6.54 Å². The summed E-state index contributed by atoms with van der Waals surface area (Å²) in [5.41, 5.74) is 8.90. The standard InChI is InChI=1S/C12H16N4/c1-9(2)11-5-3-4-6-12(11)16-10(7-13)8-14-15-16/h3-6,8-9H,7,13H2,1-2H3. The molecule has 1 heterocycles. The van der Waals surface area contributed by atoms with Crippen molar-refractivity contribution in [3.8, 4) is 5.69 Å². The molecule has 4 heteroatoms. The van der Waals surface area contributed by atoms with Gasteiger partial charge in [-0.1, -0.05) is 37.3 Å². The van der Waals surface area contributed by atoms with Crippen LogP contribution in [0.2, 0.25) is 0 Å². The van der Waals surface area contributed by atoms with Gasteiger partial charge in [-0.3, -0.25) is 0 Å². The summed E-state index contributed by atoms with van der Waals surface area (Å²) in [6.45, 7) is 4.77. The fourth-order valence-corrected chi connectivity index (χ4v) is 1.77. The van der Waals surface area contributed by atoms with E-state index in [2.05, 4.69) is 30.2 Å². The Morgan fingerprint density at radius 2 is 2.06 bits per heavy atom. The zero-order valence-electron chi connectivity index (χ0n) is 9.59. The average Bonchev–Trinajstić information content (AvgIpc) is 2.76. The van der Waals surface area contributed by atoms with E-state index in [-0.39, 0.29) is 0 Å². The van der Waals surface area contributed by atoms with Gasteiger partial charge in [-0.2, -0.15) is 0 Å². The second kappa shape index (κ2) is 4.45. The van der Waals surface area contributed by atoms with Crippen LogP contribution in [0, 0.1) is 0 Å². The lowest BCUT2D eigenvalue weighted by molar-refractivity contribution is 0.738. The van der Waals surface area contributed by atoms with Crippen molar-refractivity contribution in [2.24, 2.45) is 5.73 Å². The van der Waals surface area contributed by atoms with Crippen molar-refractivity contribution in [3.63, 3.8) is 0 Å². The Hall–Kier alpha value is -1.68. The molecule has 2 N–H and O–H groups in total. The number of rotatable bonds is 3. The average molecular weight is 216 g/mol. The molecule has 0 aliphatic rings. The van der Waals surface area contributed by atoms with Gasteiger partial charge in [-0.15, -0.1) is 5.10 Å². The number of hydrogen-bond donors (Lipinski definition) is 1. The zero-order chi connectivity index (χ0) is 11.5. The summed E-state index contributed by atoms with van der Waals surface area (Å²) in [5.74, 6) is 0.450. The molecule has 0 radical (unpaired) electrons. The number of aromatic nitrogens is 3. The molecule has 0 saturated heterocycles. The normalized spacial score (nSPS) is 11.0. The van der Waals surface area contributed by atoms with E-state index in [1.165, 1.54) is 5.56 Å². The third kappa shape index (κ3) is 1.84. The van der Waals surface area contributed by atoms with Gasteiger partial charge in [0.05, 0.1) is 17.6 Å². The lowest BCUT2D eigenvalue weighted by Crippen LogP contribution is -2.09. The van der Waals surface area contributed by atoms with Crippen LogP contribution in [0.3, 0.4) is 0 Å². The van der Waals surface area contributed by atoms with Crippen molar-refractivity contribution >= 4 is 0 Å². The highest BCUT2D eigenvalue weighted by molar-refractivity contribution is 5.42. The lowest BCUT2D eigenvalue weighted by Gasteiger charge is -2.13. The van der Waals surface area contributed by atoms with Crippen LogP contribution < -0.4 is 5.73 Å². The van der Waals surface area contributed by atoms with Crippen molar-refractivity contribution in [1.82, 2.24) is 15.0 Å². The van der Waals surface area contributed by atoms with Crippen LogP contribution in [0.15, 0.2) is 30.5 Å². The summed E-state index contributed by atoms with van der Waals surface area (Å²) in [6.07, 6.45) is 1.71. The molecule has 4 nitrogen and oxygen atoms in total. The van der Waals surface area contributed by atoms with Gasteiger partial charge in [0.25, 0.3) is 0 Å². The van der Waals surface area contributed by atoms with Crippen molar-refractivity contribution in [3.05, 3.63) is 41.7 Å². The number of benzene rings is 1. The van der Waals surface area contributed by atoms with Crippen molar-refractivity contribution in [1.29, 1.82) is 0 Å². The summed E-state index contributed by atoms with van der Waals surface area (Å²) in [4.78, 5) is 0. The van der Waals surface area contributed by atoms with E-state index in [0.717, 1.165) is 11.4 Å². The maximum Gasteiger partial charge on any atom is 0.0781 e. The first-order chi connectivity index (χ1) is 7.74. The highest BCUT2D eigenvalue weighted by atomic mass is 15.4. The molecule has 1 aromatic heterocycles. The first kappa shape index (κ1) is 10.8. The summed E-state index contributed by atoms with van der Waals surface area (Å²) in [7, 11) is 0. The third-order valence-corrected chi connectivity index (χ3v) is 2.62. The van der Waals surface area contributed by atoms with Crippen LogP contribution >= 0.6 is 0 Å². The molecule has 0 aliphatic heterocycles. The minimum absolute atomic E-state index is 0.444. The zero-order valence-corrected chi connectivity index (χ0v) is 9.59. The number of para-hydroxylation sites is 1. The smallest absolute Gasteiger partial charge is 0.0781 e. The molecule has 0 saturated carbocycles. The summed E-state index contributed by atoms with van der Waals surface area (Å²) in [5, 5.41) is 7.99. The van der Waals surface area contributed by atoms with Crippen LogP contribution in [-0.4, -0.2) is 15.0 Å². The summed E-state index contributed by atoms with van der Waals surface area (Å²) >= 11 is 0. The van der Waals surface area contributed by atoms with Crippen LogP contribution in [0.5, 0.6) is 0 Å². The summed E-state index contributed by atoms with van der Waals surface area (Å²) in [6, 6.07) is 8.20. The Kier molecular flexibility index (Phi) is 3.01. The first-order valence-electron chi connectivity index (χ1n) is 5.43. The minimum Gasteiger partial charge on any atom is -0.325 e. The van der Waals surface area contributed by atoms with Crippen LogP contribution in [0.4, 0.5) is 0 Å². The van der Waals surface area contributed by atoms with Gasteiger partial charge in [0.1, 0.15) is 0 Å². The molecule has 0 spiro atoms. The van der Waals surface area contributed by atoms with Crippen molar-refractivity contribution in [2.75, 3.05) is 0 Å². The molecule has 2 aromatic rings. The third-order valence-electron chi connectivity index (χ3n) is 2.62. The van der Waals surface area contributed by atoms with Gasteiger partial charge in [-0.25, -0.2) is 4.68 Å². The largest absolute Gasteiger partial charge is 0.325 e. The quantitative estimate of drug-likeness (QED) is 0.851. The predicted molar refractivity (Wildman–Crippen MR) is 63.3 cm³/mol. The highest BCUT2D eigenvalue weighted by Gasteiger charge is 2.11. The topological polar surface area (TPSA) is 56.7 Å². The van der Waals surface area contributed by atoms with Gasteiger partial charge in [-0.05, 0) is 17.5 Å². The Morgan fingerprint density at radius 3 is 2.75 bits per heavy atom. The van der Waals surface area contributed by atoms with Gasteiger partial charge in [0.2, 0.25) is 0 Å². The second-order valence-corrected chi connectivity index (χ2v) is 4.05. The van der Waals surface area contributed by atoms with Crippen molar-refractivity contribution < 1.29 is 0 Å². The van der Waals surface area contributed by atoms with E-state index in [9.17, 15) is 0 Å². The SMILES string of the molecule is CC(C)c1ccccc1-n1nncc1CN. The predicted octanol–water partition coefficient (Wildman–Crippen LogP) is 1.85. The molecule has 0 atom stereocenters. The van der Waals surface area contributed by atoms with Crippen LogP contribution in [0.1, 0.15) is 31.0 Å². The van der Waals surface area contributed by atoms with Crippen LogP contribution in [0.25, 0.3) is 5.69 Å². The van der Waals surface area contributed by atoms with Gasteiger partial charge in [0.15, 0.2) is 0 Å². The van der Waals surface area contributed by atoms with Gasteiger partial charge in [0, 0.05) is 6.54 Å². The Bertz CT molecular complexity index is 473. The number of hydrogen-bond acceptors (Lipinski definition) is 3. The maximum atomic E-state index is 5.66. The molecule has 16 heavy (non-hydrogen) atoms. The fourth-order valence-electron chi connectivity index (χ4n) is 1.77. The summed E-state index contributed by atoms with van der Waals surface area (Å²) < 4.78 is 1.81. The van der Waals surface area contributed by atoms with Gasteiger partial charge < -0.3 is 5.73 Å². The second-order valence-electron chi connectivity index (χ2n) is 4.05. The molecule has 0 fully saturated rings. The molecular weight excluding hydrogens is 200 g/mol. The van der Waals surface area contributed by atoms with E-state index in [0.29, 0.717) is 12.5 Å². The molecule has 0 amide bonds. The first-order valence-corrected chi connectivity index (χ1v) is 5.43. The molecule has 0 unspecified atom stereocenters. The number of nitrogens with two attached hydrogens (primary N) is 1. The monoisotopic (exact) mass is 216 g/mol. The van der Waals surface area contributed by atoms with E-state index in [4.69, 9.17) is 5.73 Å². The molecule has 0 bridgehead atoms. The Morgan fingerprint density at radius 1 is 1.31 bits per heavy atom. The molecule has 1 aromatic carbocycles. The van der Waals surface area contributed by atoms with E-state index in [1.54, 1.807) is 6.20 Å². The Labute approximate surface area is 95.1 Å². The van der Waals surface area contributed by atoms with Crippen molar-refractivity contribution in [2.45, 2.75) is 26.3 Å². The molecule has 2 rings (SSSR count). The fraction of sp³-hybridized carbons (Fsp3) is 0.333. The Balaban J connectivity index is 2.55. The molecule has 84 valence electrons. The van der Waals surface area contributed by atoms with E-state index >= 15 is 0 Å². The molecule has 0 aliphatic carbocycles.